The van der Waals surface area contributed by atoms with Crippen molar-refractivity contribution in [3.63, 3.8) is 0 Å². The van der Waals surface area contributed by atoms with E-state index in [-0.39, 0.29) is 18.0 Å². The van der Waals surface area contributed by atoms with Gasteiger partial charge in [-0.25, -0.2) is 14.0 Å². The van der Waals surface area contributed by atoms with Crippen LogP contribution in [0.2, 0.25) is 0 Å². The van der Waals surface area contributed by atoms with Crippen LogP contribution in [0.3, 0.4) is 0 Å². The van der Waals surface area contributed by atoms with Gasteiger partial charge in [-0.1, -0.05) is 24.3 Å². The Labute approximate surface area is 194 Å². The molecule has 2 aromatic carbocycles. The number of hydrogen-bond donors (Lipinski definition) is 2. The molecule has 0 aliphatic carbocycles. The third-order valence-corrected chi connectivity index (χ3v) is 4.27. The summed E-state index contributed by atoms with van der Waals surface area (Å²) in [5.74, 6) is -0.302. The first-order chi connectivity index (χ1) is 15.5. The number of amides is 2. The van der Waals surface area contributed by atoms with Crippen molar-refractivity contribution in [3.05, 3.63) is 66.0 Å². The lowest BCUT2D eigenvalue weighted by Gasteiger charge is -2.26. The van der Waals surface area contributed by atoms with Gasteiger partial charge >= 0.3 is 12.2 Å². The third kappa shape index (κ3) is 8.84. The van der Waals surface area contributed by atoms with Crippen molar-refractivity contribution in [2.45, 2.75) is 53.4 Å². The number of ether oxygens (including phenoxy) is 2. The summed E-state index contributed by atoms with van der Waals surface area (Å²) in [7, 11) is 0. The molecule has 7 nitrogen and oxygen atoms in total. The topological polar surface area (TPSA) is 79.9 Å². The van der Waals surface area contributed by atoms with Crippen LogP contribution in [-0.4, -0.2) is 30.9 Å². The van der Waals surface area contributed by atoms with Gasteiger partial charge in [0.25, 0.3) is 0 Å². The maximum atomic E-state index is 13.3. The number of nitrogens with one attached hydrogen (secondary N) is 2. The van der Waals surface area contributed by atoms with Crippen LogP contribution in [0.4, 0.5) is 31.0 Å². The Hall–Kier alpha value is -3.55. The zero-order chi connectivity index (χ0) is 24.5. The van der Waals surface area contributed by atoms with Gasteiger partial charge in [0.15, 0.2) is 0 Å². The molecule has 0 saturated carbocycles. The second-order valence-corrected chi connectivity index (χ2v) is 8.33. The van der Waals surface area contributed by atoms with E-state index in [0.29, 0.717) is 24.5 Å². The highest BCUT2D eigenvalue weighted by atomic mass is 19.1. The largest absolute Gasteiger partial charge is 0.447 e. The molecule has 178 valence electrons. The SMILES string of the molecule is C=C(C)CN(Cc1ccc(F)cc1)c1ccc(NC(=O)OC(C)C)c(NC(=O)OC(C)C)c1. The molecule has 0 bridgehead atoms. The van der Waals surface area contributed by atoms with Crippen molar-refractivity contribution < 1.29 is 23.5 Å². The molecule has 2 aromatic rings. The van der Waals surface area contributed by atoms with Crippen molar-refractivity contribution in [3.8, 4) is 0 Å². The quantitative estimate of drug-likeness (QED) is 0.431. The van der Waals surface area contributed by atoms with Crippen LogP contribution in [0.15, 0.2) is 54.6 Å². The molecule has 0 heterocycles. The molecule has 2 amide bonds. The summed E-state index contributed by atoms with van der Waals surface area (Å²) < 4.78 is 23.7. The summed E-state index contributed by atoms with van der Waals surface area (Å²) in [5, 5.41) is 5.34. The van der Waals surface area contributed by atoms with E-state index in [9.17, 15) is 14.0 Å². The normalized spacial score (nSPS) is 10.7. The van der Waals surface area contributed by atoms with Crippen LogP contribution in [0.25, 0.3) is 0 Å². The predicted molar refractivity (Wildman–Crippen MR) is 129 cm³/mol. The van der Waals surface area contributed by atoms with Crippen molar-refractivity contribution in [1.29, 1.82) is 0 Å². The Balaban J connectivity index is 2.38. The smallest absolute Gasteiger partial charge is 0.411 e. The molecule has 2 N–H and O–H groups in total. The Morgan fingerprint density at radius 2 is 1.48 bits per heavy atom. The van der Waals surface area contributed by atoms with Crippen LogP contribution in [-0.2, 0) is 16.0 Å². The molecule has 0 spiro atoms. The van der Waals surface area contributed by atoms with Gasteiger partial charge in [-0.15, -0.1) is 0 Å². The lowest BCUT2D eigenvalue weighted by Crippen LogP contribution is -2.25. The number of anilines is 3. The molecule has 0 fully saturated rings. The van der Waals surface area contributed by atoms with Gasteiger partial charge in [0, 0.05) is 18.8 Å². The molecule has 2 rings (SSSR count). The Bertz CT molecular complexity index is 974. The predicted octanol–water partition coefficient (Wildman–Crippen LogP) is 6.32. The van der Waals surface area contributed by atoms with Gasteiger partial charge in [0.2, 0.25) is 0 Å². The number of benzene rings is 2. The van der Waals surface area contributed by atoms with Gasteiger partial charge in [-0.2, -0.15) is 0 Å². The molecule has 0 aromatic heterocycles. The molecule has 0 unspecified atom stereocenters. The molecular formula is C25H32FN3O4. The van der Waals surface area contributed by atoms with Crippen LogP contribution < -0.4 is 15.5 Å². The lowest BCUT2D eigenvalue weighted by atomic mass is 10.1. The molecule has 33 heavy (non-hydrogen) atoms. The second kappa shape index (κ2) is 11.9. The monoisotopic (exact) mass is 457 g/mol. The molecule has 0 aliphatic heterocycles. The summed E-state index contributed by atoms with van der Waals surface area (Å²) in [5.41, 5.74) is 3.32. The highest BCUT2D eigenvalue weighted by Crippen LogP contribution is 2.30. The van der Waals surface area contributed by atoms with Gasteiger partial charge in [0.1, 0.15) is 5.82 Å². The second-order valence-electron chi connectivity index (χ2n) is 8.33. The van der Waals surface area contributed by atoms with Crippen molar-refractivity contribution >= 4 is 29.2 Å². The van der Waals surface area contributed by atoms with Crippen molar-refractivity contribution in [2.75, 3.05) is 22.1 Å². The third-order valence-electron chi connectivity index (χ3n) is 4.27. The molecule has 0 saturated heterocycles. The maximum Gasteiger partial charge on any atom is 0.411 e. The zero-order valence-electron chi connectivity index (χ0n) is 19.8. The molecular weight excluding hydrogens is 425 g/mol. The van der Waals surface area contributed by atoms with Gasteiger partial charge < -0.3 is 14.4 Å². The number of carbonyl (C=O) groups is 2. The first-order valence-electron chi connectivity index (χ1n) is 10.8. The van der Waals surface area contributed by atoms with E-state index < -0.39 is 12.2 Å². The first-order valence-corrected chi connectivity index (χ1v) is 10.8. The standard InChI is InChI=1S/C25H32FN3O4/c1-16(2)14-29(15-19-7-9-20(26)10-8-19)21-11-12-22(27-24(30)32-17(3)4)23(13-21)28-25(31)33-18(5)6/h7-13,17-18H,1,14-15H2,2-6H3,(H,27,30)(H,28,31). The van der Waals surface area contributed by atoms with E-state index >= 15 is 0 Å². The van der Waals surface area contributed by atoms with Crippen molar-refractivity contribution in [1.82, 2.24) is 0 Å². The Morgan fingerprint density at radius 1 is 0.939 bits per heavy atom. The Morgan fingerprint density at radius 3 is 2.00 bits per heavy atom. The minimum Gasteiger partial charge on any atom is -0.447 e. The highest BCUT2D eigenvalue weighted by Gasteiger charge is 2.16. The number of halogens is 1. The van der Waals surface area contributed by atoms with E-state index in [1.54, 1.807) is 52.0 Å². The average Bonchev–Trinajstić information content (AvgIpc) is 2.69. The van der Waals surface area contributed by atoms with Gasteiger partial charge in [-0.05, 0) is 70.5 Å². The van der Waals surface area contributed by atoms with E-state index in [0.717, 1.165) is 16.8 Å². The molecule has 0 atom stereocenters. The van der Waals surface area contributed by atoms with Crippen LogP contribution >= 0.6 is 0 Å². The van der Waals surface area contributed by atoms with Gasteiger partial charge in [0.05, 0.1) is 23.6 Å². The summed E-state index contributed by atoms with van der Waals surface area (Å²) in [6.07, 6.45) is -1.89. The van der Waals surface area contributed by atoms with Crippen LogP contribution in [0.1, 0.15) is 40.2 Å². The number of hydrogen-bond acceptors (Lipinski definition) is 5. The summed E-state index contributed by atoms with van der Waals surface area (Å²) >= 11 is 0. The van der Waals surface area contributed by atoms with E-state index in [1.165, 1.54) is 12.1 Å². The number of carbonyl (C=O) groups excluding carboxylic acids is 2. The first kappa shape index (κ1) is 25.7. The Kier molecular flexibility index (Phi) is 9.27. The van der Waals surface area contributed by atoms with Crippen LogP contribution in [0, 0.1) is 5.82 Å². The van der Waals surface area contributed by atoms with Crippen molar-refractivity contribution in [2.24, 2.45) is 0 Å². The fraction of sp³-hybridized carbons (Fsp3) is 0.360. The minimum atomic E-state index is -0.646. The maximum absolute atomic E-state index is 13.3. The zero-order valence-corrected chi connectivity index (χ0v) is 19.8. The van der Waals surface area contributed by atoms with Gasteiger partial charge in [-0.3, -0.25) is 10.6 Å². The summed E-state index contributed by atoms with van der Waals surface area (Å²) in [4.78, 5) is 26.5. The fourth-order valence-electron chi connectivity index (χ4n) is 3.02. The molecule has 8 heteroatoms. The highest BCUT2D eigenvalue weighted by molar-refractivity contribution is 5.96. The minimum absolute atomic E-state index is 0.298. The number of nitrogens with zero attached hydrogens (tertiary/aromatic N) is 1. The fourth-order valence-corrected chi connectivity index (χ4v) is 3.02. The average molecular weight is 458 g/mol. The summed E-state index contributed by atoms with van der Waals surface area (Å²) in [6, 6.07) is 11.5. The summed E-state index contributed by atoms with van der Waals surface area (Å²) in [6.45, 7) is 13.9. The van der Waals surface area contributed by atoms with E-state index in [4.69, 9.17) is 9.47 Å². The van der Waals surface area contributed by atoms with E-state index in [2.05, 4.69) is 17.2 Å². The lowest BCUT2D eigenvalue weighted by molar-refractivity contribution is 0.128. The molecule has 0 aliphatic rings. The molecule has 0 radical (unpaired) electrons. The number of rotatable bonds is 9. The van der Waals surface area contributed by atoms with Crippen LogP contribution in [0.5, 0.6) is 0 Å². The van der Waals surface area contributed by atoms with E-state index in [1.807, 2.05) is 17.9 Å².